The van der Waals surface area contributed by atoms with Gasteiger partial charge in [-0.05, 0) is 30.5 Å². The summed E-state index contributed by atoms with van der Waals surface area (Å²) in [6, 6.07) is 8.10. The van der Waals surface area contributed by atoms with Gasteiger partial charge in [-0.25, -0.2) is 4.98 Å². The van der Waals surface area contributed by atoms with E-state index in [2.05, 4.69) is 31.0 Å². The second-order valence-electron chi connectivity index (χ2n) is 6.39. The number of ether oxygens (including phenoxy) is 2. The Morgan fingerprint density at radius 2 is 2.04 bits per heavy atom. The summed E-state index contributed by atoms with van der Waals surface area (Å²) in [4.78, 5) is 4.12. The summed E-state index contributed by atoms with van der Waals surface area (Å²) in [6.45, 7) is 6.74. The topological polar surface area (TPSA) is 113 Å². The average Bonchev–Trinajstić information content (AvgIpc) is 2.88. The first-order valence-corrected chi connectivity index (χ1v) is 10.1. The van der Waals surface area contributed by atoms with Gasteiger partial charge in [0, 0.05) is 6.42 Å². The molecule has 27 heavy (non-hydrogen) atoms. The summed E-state index contributed by atoms with van der Waals surface area (Å²) in [5.41, 5.74) is 2.75. The van der Waals surface area contributed by atoms with Crippen molar-refractivity contribution in [2.24, 2.45) is 5.92 Å². The second kappa shape index (κ2) is 10.1. The molecule has 0 aliphatic carbocycles. The molecule has 2 bridgehead atoms. The molecular weight excluding hydrogens is 372 g/mol. The Balaban J connectivity index is 0.000000234. The second-order valence-corrected chi connectivity index (χ2v) is 7.86. The molecule has 2 aromatic rings. The van der Waals surface area contributed by atoms with Crippen molar-refractivity contribution in [1.29, 1.82) is 0 Å². The van der Waals surface area contributed by atoms with Gasteiger partial charge in [0.25, 0.3) is 10.1 Å². The molecule has 1 aromatic carbocycles. The molecule has 150 valence electrons. The van der Waals surface area contributed by atoms with E-state index in [1.165, 1.54) is 18.9 Å². The van der Waals surface area contributed by atoms with Crippen LogP contribution in [-0.4, -0.2) is 31.3 Å². The van der Waals surface area contributed by atoms with Crippen molar-refractivity contribution in [1.82, 2.24) is 4.98 Å². The fraction of sp³-hybridized carbons (Fsp3) is 0.444. The molecule has 0 spiro atoms. The number of hydrogen-bond donors (Lipinski definition) is 1. The number of rotatable bonds is 3. The molecule has 1 aliphatic rings. The van der Waals surface area contributed by atoms with Crippen LogP contribution in [0, 0.1) is 18.0 Å². The Morgan fingerprint density at radius 1 is 1.41 bits per heavy atom. The maximum absolute atomic E-state index is 11.7. The van der Waals surface area contributed by atoms with Crippen LogP contribution in [0.25, 0.3) is 0 Å². The maximum Gasteiger partial charge on any atom is 0.398 e. The third kappa shape index (κ3) is 8.69. The third-order valence-corrected chi connectivity index (χ3v) is 3.35. The minimum absolute atomic E-state index is 0.256. The average molecular weight is 398 g/mol. The molecule has 1 N–H and O–H groups in total. The summed E-state index contributed by atoms with van der Waals surface area (Å²) < 4.78 is 36.8. The van der Waals surface area contributed by atoms with Gasteiger partial charge in [0.1, 0.15) is 24.2 Å². The predicted molar refractivity (Wildman–Crippen MR) is 101 cm³/mol. The fourth-order valence-corrected chi connectivity index (χ4v) is 2.20. The third-order valence-electron chi connectivity index (χ3n) is 3.35. The van der Waals surface area contributed by atoms with Crippen molar-refractivity contribution in [3.63, 3.8) is 0 Å². The van der Waals surface area contributed by atoms with Crippen LogP contribution in [-0.2, 0) is 23.1 Å². The lowest BCUT2D eigenvalue weighted by molar-refractivity contribution is -0.621. The lowest BCUT2D eigenvalue weighted by Crippen LogP contribution is -2.36. The van der Waals surface area contributed by atoms with E-state index in [1.54, 1.807) is 0 Å². The Kier molecular flexibility index (Phi) is 8.45. The Hall–Kier alpha value is -2.39. The minimum atomic E-state index is -3.67. The van der Waals surface area contributed by atoms with Crippen LogP contribution in [0.4, 0.5) is 0 Å². The normalized spacial score (nSPS) is 11.7. The highest BCUT2D eigenvalue weighted by Crippen LogP contribution is 2.20. The van der Waals surface area contributed by atoms with Gasteiger partial charge in [0.2, 0.25) is 5.69 Å². The van der Waals surface area contributed by atoms with Gasteiger partial charge in [0.15, 0.2) is 0 Å². The molecule has 0 saturated carbocycles. The number of hydrogen-bond acceptors (Lipinski definition) is 6. The molecule has 9 heteroatoms. The van der Waals surface area contributed by atoms with Gasteiger partial charge in [-0.3, -0.25) is 4.55 Å². The number of fused-ring (bicyclic) bond motifs is 2. The summed E-state index contributed by atoms with van der Waals surface area (Å²) >= 11 is 0. The van der Waals surface area contributed by atoms with Crippen LogP contribution in [0.15, 0.2) is 30.5 Å². The van der Waals surface area contributed by atoms with E-state index in [9.17, 15) is 13.6 Å². The molecule has 1 aliphatic heterocycles. The van der Waals surface area contributed by atoms with Crippen LogP contribution in [0.5, 0.6) is 11.6 Å². The minimum Gasteiger partial charge on any atom is -0.616 e. The van der Waals surface area contributed by atoms with Gasteiger partial charge in [-0.1, -0.05) is 26.0 Å². The summed E-state index contributed by atoms with van der Waals surface area (Å²) in [5.74, 6) is 1.69. The summed E-state index contributed by atoms with van der Waals surface area (Å²) in [7, 11) is -2.19. The predicted octanol–water partition coefficient (Wildman–Crippen LogP) is 2.31. The Bertz CT molecular complexity index is 826. The van der Waals surface area contributed by atoms with Crippen LogP contribution in [0.1, 0.15) is 30.8 Å². The summed E-state index contributed by atoms with van der Waals surface area (Å²) in [5, 5.41) is 11.7. The molecule has 3 rings (SSSR count). The molecular formula is C18H26N2O6S. The fourth-order valence-electron chi connectivity index (χ4n) is 2.20. The van der Waals surface area contributed by atoms with Gasteiger partial charge in [-0.2, -0.15) is 8.42 Å². The smallest absolute Gasteiger partial charge is 0.398 e. The highest BCUT2D eigenvalue weighted by atomic mass is 32.2. The first kappa shape index (κ1) is 22.7. The molecule has 0 saturated heterocycles. The van der Waals surface area contributed by atoms with Crippen LogP contribution in [0.3, 0.4) is 0 Å². The number of methoxy groups -OCH3 is 1. The largest absolute Gasteiger partial charge is 0.616 e. The molecule has 8 nitrogen and oxygen atoms in total. The van der Waals surface area contributed by atoms with Crippen molar-refractivity contribution in [3.05, 3.63) is 52.6 Å². The quantitative estimate of drug-likeness (QED) is 0.479. The molecule has 0 fully saturated rings. The van der Waals surface area contributed by atoms with E-state index >= 15 is 0 Å². The highest BCUT2D eigenvalue weighted by molar-refractivity contribution is 7.85. The van der Waals surface area contributed by atoms with Crippen LogP contribution >= 0.6 is 0 Å². The van der Waals surface area contributed by atoms with Gasteiger partial charge < -0.3 is 14.7 Å². The van der Waals surface area contributed by atoms with E-state index in [0.29, 0.717) is 17.9 Å². The first-order chi connectivity index (χ1) is 12.5. The number of aryl methyl sites for hydroxylation is 1. The van der Waals surface area contributed by atoms with Crippen molar-refractivity contribution >= 4 is 10.1 Å². The van der Waals surface area contributed by atoms with Crippen molar-refractivity contribution in [2.75, 3.05) is 13.4 Å². The van der Waals surface area contributed by atoms with E-state index in [-0.39, 0.29) is 5.88 Å². The maximum atomic E-state index is 11.7. The molecule has 0 radical (unpaired) electrons. The van der Waals surface area contributed by atoms with Crippen molar-refractivity contribution in [2.45, 2.75) is 33.8 Å². The lowest BCUT2D eigenvalue weighted by atomic mass is 10.1. The highest BCUT2D eigenvalue weighted by Gasteiger charge is 2.17. The molecule has 0 amide bonds. The molecule has 0 unspecified atom stereocenters. The number of benzene rings is 1. The number of nitrogens with zero attached hydrogens (tertiary/aromatic N) is 2. The first-order valence-electron chi connectivity index (χ1n) is 8.27. The summed E-state index contributed by atoms with van der Waals surface area (Å²) in [6.07, 6.45) is 2.89. The van der Waals surface area contributed by atoms with E-state index < -0.39 is 10.1 Å². The molecule has 0 atom stereocenters. The zero-order valence-corrected chi connectivity index (χ0v) is 17.0. The van der Waals surface area contributed by atoms with Gasteiger partial charge in [0.05, 0.1) is 13.4 Å². The Morgan fingerprint density at radius 3 is 2.52 bits per heavy atom. The monoisotopic (exact) mass is 398 g/mol. The van der Waals surface area contributed by atoms with Crippen LogP contribution in [0.2, 0.25) is 0 Å². The van der Waals surface area contributed by atoms with Gasteiger partial charge >= 0.3 is 5.88 Å². The molecule has 1 aromatic heterocycles. The lowest BCUT2D eigenvalue weighted by Gasteiger charge is -2.10. The zero-order valence-electron chi connectivity index (χ0n) is 16.2. The van der Waals surface area contributed by atoms with Crippen molar-refractivity contribution < 1.29 is 27.2 Å². The van der Waals surface area contributed by atoms with Gasteiger partial charge in [-0.15, -0.1) is 4.73 Å². The van der Waals surface area contributed by atoms with Crippen molar-refractivity contribution in [3.8, 4) is 11.6 Å². The zero-order chi connectivity index (χ0) is 20.6. The molecule has 2 heterocycles. The standard InChI is InChI=1S/C10H16N2O2.C7H6O.CH4O3S/c1-7(2)5-9-8(3)11-6-10(14-4)12(9)13;1-2-6-4-7(3-1)8-5-6;1-5(2,3)4/h6-7H,5H2,1-4H3;1-4H,5H2;1H3,(H,2,3,4). The van der Waals surface area contributed by atoms with E-state index in [0.717, 1.165) is 29.2 Å². The Labute approximate surface area is 160 Å². The number of aromatic nitrogens is 2. The SMILES string of the molecule is COc1cnc(C)c(CC(C)C)[n+]1[O-].CS(=O)(=O)O.c1cc2cc(c1)OC2. The van der Waals surface area contributed by atoms with E-state index in [1.807, 2.05) is 19.1 Å². The van der Waals surface area contributed by atoms with E-state index in [4.69, 9.17) is 14.0 Å². The van der Waals surface area contributed by atoms with Crippen LogP contribution < -0.4 is 14.2 Å².